The zero-order valence-corrected chi connectivity index (χ0v) is 15.2. The lowest BCUT2D eigenvalue weighted by Crippen LogP contribution is -2.50. The van der Waals surface area contributed by atoms with E-state index < -0.39 is 6.36 Å². The predicted octanol–water partition coefficient (Wildman–Crippen LogP) is 3.70. The Labute approximate surface area is 164 Å². The van der Waals surface area contributed by atoms with Gasteiger partial charge in [0, 0.05) is 38.3 Å². The summed E-state index contributed by atoms with van der Waals surface area (Å²) in [6.07, 6.45) is -4.34. The van der Waals surface area contributed by atoms with E-state index in [-0.39, 0.29) is 17.5 Å². The van der Waals surface area contributed by atoms with E-state index in [2.05, 4.69) is 9.73 Å². The number of rotatable bonds is 3. The first-order valence-electron chi connectivity index (χ1n) is 9.04. The van der Waals surface area contributed by atoms with Crippen molar-refractivity contribution in [2.45, 2.75) is 12.8 Å². The Hall–Kier alpha value is -3.10. The van der Waals surface area contributed by atoms with Crippen molar-refractivity contribution in [3.63, 3.8) is 0 Å². The van der Waals surface area contributed by atoms with E-state index in [1.165, 1.54) is 24.3 Å². The molecule has 2 aromatic carbocycles. The minimum atomic E-state index is -4.72. The van der Waals surface area contributed by atoms with Crippen molar-refractivity contribution in [2.75, 3.05) is 31.1 Å². The van der Waals surface area contributed by atoms with Gasteiger partial charge in [-0.3, -0.25) is 4.79 Å². The first kappa shape index (κ1) is 19.2. The van der Waals surface area contributed by atoms with E-state index in [1.807, 2.05) is 4.90 Å². The average Bonchev–Trinajstić information content (AvgIpc) is 3.10. The molecule has 0 aliphatic carbocycles. The minimum absolute atomic E-state index is 0.171. The van der Waals surface area contributed by atoms with Crippen molar-refractivity contribution in [2.24, 2.45) is 4.99 Å². The number of piperazine rings is 1. The van der Waals surface area contributed by atoms with Gasteiger partial charge in [-0.2, -0.15) is 0 Å². The molecule has 2 heterocycles. The molecule has 0 unspecified atom stereocenters. The largest absolute Gasteiger partial charge is 0.573 e. The summed E-state index contributed by atoms with van der Waals surface area (Å²) in [5.41, 5.74) is 2.48. The molecule has 1 amide bonds. The number of benzene rings is 2. The Kier molecular flexibility index (Phi) is 4.89. The molecule has 2 aromatic rings. The van der Waals surface area contributed by atoms with Gasteiger partial charge in [0.1, 0.15) is 17.3 Å². The van der Waals surface area contributed by atoms with Crippen LogP contribution in [0.5, 0.6) is 5.75 Å². The molecule has 0 radical (unpaired) electrons. The number of carbonyl (C=O) groups excluding carboxylic acids is 1. The van der Waals surface area contributed by atoms with Crippen LogP contribution in [0.2, 0.25) is 0 Å². The maximum absolute atomic E-state index is 13.3. The van der Waals surface area contributed by atoms with Crippen LogP contribution in [-0.4, -0.2) is 49.1 Å². The Morgan fingerprint density at radius 3 is 2.34 bits per heavy atom. The summed E-state index contributed by atoms with van der Waals surface area (Å²) in [6, 6.07) is 9.97. The normalized spacial score (nSPS) is 16.5. The topological polar surface area (TPSA) is 45.1 Å². The number of carbonyl (C=O) groups is 1. The molecule has 29 heavy (non-hydrogen) atoms. The number of anilines is 1. The lowest BCUT2D eigenvalue weighted by molar-refractivity contribution is -0.274. The summed E-state index contributed by atoms with van der Waals surface area (Å²) in [4.78, 5) is 20.7. The van der Waals surface area contributed by atoms with Crippen LogP contribution in [0.3, 0.4) is 0 Å². The first-order valence-corrected chi connectivity index (χ1v) is 9.04. The number of alkyl halides is 3. The van der Waals surface area contributed by atoms with Crippen LogP contribution in [0.25, 0.3) is 0 Å². The molecule has 0 saturated carbocycles. The van der Waals surface area contributed by atoms with Gasteiger partial charge in [0.25, 0.3) is 5.91 Å². The lowest BCUT2D eigenvalue weighted by atomic mass is 10.1. The summed E-state index contributed by atoms with van der Waals surface area (Å²) in [7, 11) is 0. The van der Waals surface area contributed by atoms with Gasteiger partial charge in [-0.25, -0.2) is 9.38 Å². The first-order chi connectivity index (χ1) is 13.8. The zero-order chi connectivity index (χ0) is 20.6. The molecule has 0 spiro atoms. The van der Waals surface area contributed by atoms with Crippen LogP contribution in [0.15, 0.2) is 47.5 Å². The molecule has 0 N–H and O–H groups in total. The molecule has 2 aliphatic rings. The molecule has 152 valence electrons. The molecule has 0 aromatic heterocycles. The van der Waals surface area contributed by atoms with E-state index in [4.69, 9.17) is 0 Å². The van der Waals surface area contributed by atoms with Gasteiger partial charge in [0.05, 0.1) is 5.69 Å². The summed E-state index contributed by atoms with van der Waals surface area (Å²) in [6.45, 7) is 2.01. The van der Waals surface area contributed by atoms with Gasteiger partial charge in [-0.05, 0) is 42.0 Å². The molecule has 0 atom stereocenters. The molecule has 1 saturated heterocycles. The maximum atomic E-state index is 13.3. The van der Waals surface area contributed by atoms with Crippen LogP contribution < -0.4 is 9.64 Å². The lowest BCUT2D eigenvalue weighted by Gasteiger charge is -2.36. The number of nitrogens with zero attached hydrogens (tertiary/aromatic N) is 3. The molecule has 0 bridgehead atoms. The van der Waals surface area contributed by atoms with Crippen LogP contribution in [0.4, 0.5) is 28.9 Å². The molecule has 1 fully saturated rings. The Morgan fingerprint density at radius 2 is 1.69 bits per heavy atom. The van der Waals surface area contributed by atoms with Crippen molar-refractivity contribution >= 4 is 23.0 Å². The zero-order valence-electron chi connectivity index (χ0n) is 15.2. The number of fused-ring (bicyclic) bond motifs is 1. The van der Waals surface area contributed by atoms with Gasteiger partial charge in [-0.15, -0.1) is 13.2 Å². The van der Waals surface area contributed by atoms with Crippen molar-refractivity contribution in [1.29, 1.82) is 0 Å². The Bertz CT molecular complexity index is 949. The van der Waals surface area contributed by atoms with E-state index in [0.29, 0.717) is 44.0 Å². The quantitative estimate of drug-likeness (QED) is 0.729. The van der Waals surface area contributed by atoms with Gasteiger partial charge >= 0.3 is 6.36 Å². The number of halogens is 4. The molecular weight excluding hydrogens is 390 g/mol. The van der Waals surface area contributed by atoms with Gasteiger partial charge in [0.2, 0.25) is 0 Å². The second kappa shape index (κ2) is 7.38. The van der Waals surface area contributed by atoms with Crippen LogP contribution >= 0.6 is 0 Å². The molecule has 5 nitrogen and oxygen atoms in total. The number of amides is 1. The highest BCUT2D eigenvalue weighted by atomic mass is 19.4. The predicted molar refractivity (Wildman–Crippen MR) is 99.1 cm³/mol. The highest BCUT2D eigenvalue weighted by Gasteiger charge is 2.31. The Morgan fingerprint density at radius 1 is 1.00 bits per heavy atom. The number of aliphatic imine (C=N–C) groups is 1. The average molecular weight is 407 g/mol. The van der Waals surface area contributed by atoms with Crippen molar-refractivity contribution < 1.29 is 27.1 Å². The third-order valence-electron chi connectivity index (χ3n) is 4.91. The van der Waals surface area contributed by atoms with E-state index >= 15 is 0 Å². The minimum Gasteiger partial charge on any atom is -0.406 e. The second-order valence-electron chi connectivity index (χ2n) is 6.83. The Balaban J connectivity index is 1.35. The van der Waals surface area contributed by atoms with Gasteiger partial charge in [-0.1, -0.05) is 6.07 Å². The number of hydrogen-bond acceptors (Lipinski definition) is 4. The third-order valence-corrected chi connectivity index (χ3v) is 4.91. The SMILES string of the molecule is O=C(C1=Nc2cc(F)ccc2C1)N1CCN(c2ccc(OC(F)(F)F)cc2)CC1. The van der Waals surface area contributed by atoms with E-state index in [9.17, 15) is 22.4 Å². The number of hydrogen-bond donors (Lipinski definition) is 0. The fourth-order valence-electron chi connectivity index (χ4n) is 3.49. The van der Waals surface area contributed by atoms with Crippen LogP contribution in [-0.2, 0) is 11.2 Å². The summed E-state index contributed by atoms with van der Waals surface area (Å²) in [5, 5.41) is 0. The van der Waals surface area contributed by atoms with Crippen LogP contribution in [0, 0.1) is 5.82 Å². The molecule has 9 heteroatoms. The summed E-state index contributed by atoms with van der Waals surface area (Å²) < 4.78 is 54.0. The summed E-state index contributed by atoms with van der Waals surface area (Å²) in [5.74, 6) is -0.832. The fraction of sp³-hybridized carbons (Fsp3) is 0.300. The fourth-order valence-corrected chi connectivity index (χ4v) is 3.49. The number of ether oxygens (including phenoxy) is 1. The second-order valence-corrected chi connectivity index (χ2v) is 6.83. The standard InChI is InChI=1S/C20H17F4N3O2/c21-14-2-1-13-11-18(25-17(13)12-14)19(28)27-9-7-26(8-10-27)15-3-5-16(6-4-15)29-20(22,23)24/h1-6,12H,7-11H2. The highest BCUT2D eigenvalue weighted by molar-refractivity contribution is 6.40. The smallest absolute Gasteiger partial charge is 0.406 e. The summed E-state index contributed by atoms with van der Waals surface area (Å²) >= 11 is 0. The monoisotopic (exact) mass is 407 g/mol. The van der Waals surface area contributed by atoms with E-state index in [1.54, 1.807) is 23.1 Å². The maximum Gasteiger partial charge on any atom is 0.573 e. The van der Waals surface area contributed by atoms with Crippen molar-refractivity contribution in [3.05, 3.63) is 53.8 Å². The molecule has 4 rings (SSSR count). The van der Waals surface area contributed by atoms with Crippen molar-refractivity contribution in [1.82, 2.24) is 4.90 Å². The van der Waals surface area contributed by atoms with Crippen molar-refractivity contribution in [3.8, 4) is 5.75 Å². The molecular formula is C20H17F4N3O2. The van der Waals surface area contributed by atoms with Crippen LogP contribution in [0.1, 0.15) is 5.56 Å². The van der Waals surface area contributed by atoms with Gasteiger partial charge < -0.3 is 14.5 Å². The van der Waals surface area contributed by atoms with Gasteiger partial charge in [0.15, 0.2) is 0 Å². The molecule has 2 aliphatic heterocycles. The van der Waals surface area contributed by atoms with E-state index in [0.717, 1.165) is 11.3 Å². The highest BCUT2D eigenvalue weighted by Crippen LogP contribution is 2.29. The third kappa shape index (κ3) is 4.33.